The standard InChI is InChI=1S/C12H12N4O2/c13-11-10(15-18-16-11)12(17)14-6-8-5-7-3-1-2-4-9(7)8/h1-4,8H,5-6H2,(H2,13,16)(H,14,17). The number of aromatic nitrogens is 2. The van der Waals surface area contributed by atoms with E-state index in [0.717, 1.165) is 6.42 Å². The van der Waals surface area contributed by atoms with E-state index in [-0.39, 0.29) is 17.4 Å². The third kappa shape index (κ3) is 1.71. The summed E-state index contributed by atoms with van der Waals surface area (Å²) in [6.07, 6.45) is 0.989. The van der Waals surface area contributed by atoms with Crippen LogP contribution in [-0.4, -0.2) is 22.8 Å². The number of benzene rings is 1. The summed E-state index contributed by atoms with van der Waals surface area (Å²) < 4.78 is 4.38. The molecular weight excluding hydrogens is 232 g/mol. The summed E-state index contributed by atoms with van der Waals surface area (Å²) in [4.78, 5) is 11.7. The number of rotatable bonds is 3. The highest BCUT2D eigenvalue weighted by molar-refractivity contribution is 5.96. The van der Waals surface area contributed by atoms with Crippen LogP contribution in [0.25, 0.3) is 0 Å². The van der Waals surface area contributed by atoms with Crippen LogP contribution >= 0.6 is 0 Å². The molecule has 0 fully saturated rings. The van der Waals surface area contributed by atoms with Gasteiger partial charge in [-0.25, -0.2) is 4.63 Å². The molecule has 1 unspecified atom stereocenters. The second-order valence-electron chi connectivity index (χ2n) is 4.31. The average molecular weight is 244 g/mol. The van der Waals surface area contributed by atoms with Gasteiger partial charge in [-0.3, -0.25) is 4.79 Å². The summed E-state index contributed by atoms with van der Waals surface area (Å²) in [5.74, 6) is 0.0332. The van der Waals surface area contributed by atoms with Crippen LogP contribution in [-0.2, 0) is 6.42 Å². The summed E-state index contributed by atoms with van der Waals surface area (Å²) in [7, 11) is 0. The Morgan fingerprint density at radius 3 is 3.00 bits per heavy atom. The number of carbonyl (C=O) groups is 1. The Morgan fingerprint density at radius 2 is 2.28 bits per heavy atom. The smallest absolute Gasteiger partial charge is 0.277 e. The zero-order chi connectivity index (χ0) is 12.5. The lowest BCUT2D eigenvalue weighted by Gasteiger charge is -2.30. The van der Waals surface area contributed by atoms with E-state index in [9.17, 15) is 4.79 Å². The number of hydrogen-bond acceptors (Lipinski definition) is 5. The minimum atomic E-state index is -0.349. The fourth-order valence-corrected chi connectivity index (χ4v) is 2.20. The third-order valence-corrected chi connectivity index (χ3v) is 3.20. The van der Waals surface area contributed by atoms with Crippen molar-refractivity contribution < 1.29 is 9.42 Å². The van der Waals surface area contributed by atoms with E-state index in [2.05, 4.69) is 32.4 Å². The normalized spacial score (nSPS) is 16.8. The first-order chi connectivity index (χ1) is 8.75. The van der Waals surface area contributed by atoms with E-state index in [0.29, 0.717) is 12.5 Å². The van der Waals surface area contributed by atoms with Gasteiger partial charge in [0, 0.05) is 12.5 Å². The van der Waals surface area contributed by atoms with Gasteiger partial charge in [-0.05, 0) is 27.9 Å². The number of hydrogen-bond donors (Lipinski definition) is 2. The van der Waals surface area contributed by atoms with Crippen LogP contribution in [0.3, 0.4) is 0 Å². The van der Waals surface area contributed by atoms with Gasteiger partial charge in [0.15, 0.2) is 0 Å². The van der Waals surface area contributed by atoms with Crippen molar-refractivity contribution in [2.75, 3.05) is 12.3 Å². The summed E-state index contributed by atoms with van der Waals surface area (Å²) in [6, 6.07) is 8.22. The van der Waals surface area contributed by atoms with E-state index in [1.54, 1.807) is 0 Å². The number of nitrogens with two attached hydrogens (primary N) is 1. The number of anilines is 1. The Hall–Kier alpha value is -2.37. The molecule has 3 N–H and O–H groups in total. The molecule has 6 heteroatoms. The van der Waals surface area contributed by atoms with Gasteiger partial charge in [0.1, 0.15) is 0 Å². The van der Waals surface area contributed by atoms with Crippen LogP contribution < -0.4 is 11.1 Å². The zero-order valence-electron chi connectivity index (χ0n) is 9.59. The van der Waals surface area contributed by atoms with Gasteiger partial charge in [-0.15, -0.1) is 0 Å². The number of nitrogens with zero attached hydrogens (tertiary/aromatic N) is 2. The monoisotopic (exact) mass is 244 g/mol. The van der Waals surface area contributed by atoms with Crippen molar-refractivity contribution in [3.63, 3.8) is 0 Å². The van der Waals surface area contributed by atoms with Crippen molar-refractivity contribution in [2.24, 2.45) is 0 Å². The fourth-order valence-electron chi connectivity index (χ4n) is 2.20. The highest BCUT2D eigenvalue weighted by atomic mass is 16.6. The molecular formula is C12H12N4O2. The molecule has 1 heterocycles. The van der Waals surface area contributed by atoms with Crippen molar-refractivity contribution in [3.8, 4) is 0 Å². The molecule has 1 aromatic carbocycles. The van der Waals surface area contributed by atoms with Gasteiger partial charge in [0.05, 0.1) is 0 Å². The molecule has 1 aliphatic rings. The molecule has 0 saturated heterocycles. The Kier molecular flexibility index (Phi) is 2.47. The maximum Gasteiger partial charge on any atom is 0.277 e. The molecule has 2 aromatic rings. The molecule has 0 aliphatic heterocycles. The second-order valence-corrected chi connectivity index (χ2v) is 4.31. The van der Waals surface area contributed by atoms with Crippen molar-refractivity contribution in [1.82, 2.24) is 15.6 Å². The molecule has 1 aliphatic carbocycles. The summed E-state index contributed by atoms with van der Waals surface area (Å²) >= 11 is 0. The Bertz CT molecular complexity index is 593. The number of fused-ring (bicyclic) bond motifs is 1. The molecule has 0 spiro atoms. The molecule has 1 aromatic heterocycles. The van der Waals surface area contributed by atoms with Crippen LogP contribution in [0.1, 0.15) is 27.5 Å². The van der Waals surface area contributed by atoms with Crippen LogP contribution in [0.5, 0.6) is 0 Å². The van der Waals surface area contributed by atoms with Gasteiger partial charge in [-0.2, -0.15) is 0 Å². The molecule has 0 saturated carbocycles. The molecule has 6 nitrogen and oxygen atoms in total. The number of nitrogen functional groups attached to an aromatic ring is 1. The molecule has 0 bridgehead atoms. The quantitative estimate of drug-likeness (QED) is 0.829. The lowest BCUT2D eigenvalue weighted by molar-refractivity contribution is 0.0941. The highest BCUT2D eigenvalue weighted by Gasteiger charge is 2.26. The lowest BCUT2D eigenvalue weighted by Crippen LogP contribution is -2.33. The van der Waals surface area contributed by atoms with Crippen LogP contribution in [0.15, 0.2) is 28.9 Å². The van der Waals surface area contributed by atoms with Gasteiger partial charge >= 0.3 is 0 Å². The lowest BCUT2D eigenvalue weighted by atomic mass is 9.77. The largest absolute Gasteiger partial charge is 0.379 e. The van der Waals surface area contributed by atoms with Gasteiger partial charge in [-0.1, -0.05) is 24.3 Å². The predicted molar refractivity (Wildman–Crippen MR) is 63.9 cm³/mol. The van der Waals surface area contributed by atoms with Crippen molar-refractivity contribution in [3.05, 3.63) is 41.1 Å². The maximum atomic E-state index is 11.7. The Morgan fingerprint density at radius 1 is 1.44 bits per heavy atom. The van der Waals surface area contributed by atoms with Crippen LogP contribution in [0.2, 0.25) is 0 Å². The van der Waals surface area contributed by atoms with Crippen LogP contribution in [0, 0.1) is 0 Å². The van der Waals surface area contributed by atoms with E-state index < -0.39 is 0 Å². The topological polar surface area (TPSA) is 94.0 Å². The highest BCUT2D eigenvalue weighted by Crippen LogP contribution is 2.33. The second kappa shape index (κ2) is 4.14. The van der Waals surface area contributed by atoms with Gasteiger partial charge < -0.3 is 11.1 Å². The first kappa shape index (κ1) is 10.8. The predicted octanol–water partition coefficient (Wildman–Crippen LogP) is 0.721. The van der Waals surface area contributed by atoms with E-state index >= 15 is 0 Å². The fraction of sp³-hybridized carbons (Fsp3) is 0.250. The van der Waals surface area contributed by atoms with Gasteiger partial charge in [0.25, 0.3) is 5.91 Å². The van der Waals surface area contributed by atoms with Crippen LogP contribution in [0.4, 0.5) is 5.82 Å². The molecule has 1 atom stereocenters. The Labute approximate surface area is 103 Å². The first-order valence-corrected chi connectivity index (χ1v) is 5.69. The van der Waals surface area contributed by atoms with Crippen molar-refractivity contribution >= 4 is 11.7 Å². The summed E-state index contributed by atoms with van der Waals surface area (Å²) in [5, 5.41) is 9.61. The summed E-state index contributed by atoms with van der Waals surface area (Å²) in [5.41, 5.74) is 8.13. The number of amides is 1. The zero-order valence-corrected chi connectivity index (χ0v) is 9.59. The van der Waals surface area contributed by atoms with E-state index in [1.165, 1.54) is 11.1 Å². The van der Waals surface area contributed by atoms with Crippen molar-refractivity contribution in [2.45, 2.75) is 12.3 Å². The van der Waals surface area contributed by atoms with E-state index in [4.69, 9.17) is 5.73 Å². The molecule has 0 radical (unpaired) electrons. The van der Waals surface area contributed by atoms with Crippen molar-refractivity contribution in [1.29, 1.82) is 0 Å². The minimum Gasteiger partial charge on any atom is -0.379 e. The average Bonchev–Trinajstić information content (AvgIpc) is 2.76. The molecule has 18 heavy (non-hydrogen) atoms. The van der Waals surface area contributed by atoms with Gasteiger partial charge in [0.2, 0.25) is 11.5 Å². The first-order valence-electron chi connectivity index (χ1n) is 5.69. The molecule has 3 rings (SSSR count). The third-order valence-electron chi connectivity index (χ3n) is 3.20. The SMILES string of the molecule is Nc1nonc1C(=O)NCC1Cc2ccccc21. The Balaban J connectivity index is 1.61. The van der Waals surface area contributed by atoms with E-state index in [1.807, 2.05) is 12.1 Å². The molecule has 1 amide bonds. The number of carbonyl (C=O) groups excluding carboxylic acids is 1. The maximum absolute atomic E-state index is 11.7. The number of nitrogens with one attached hydrogen (secondary N) is 1. The summed E-state index contributed by atoms with van der Waals surface area (Å²) in [6.45, 7) is 0.572. The minimum absolute atomic E-state index is 0.0153. The molecule has 92 valence electrons.